The van der Waals surface area contributed by atoms with Crippen molar-refractivity contribution < 1.29 is 9.90 Å². The van der Waals surface area contributed by atoms with E-state index in [9.17, 15) is 9.90 Å². The lowest BCUT2D eigenvalue weighted by molar-refractivity contribution is -0.117. The summed E-state index contributed by atoms with van der Waals surface area (Å²) in [7, 11) is 0. The van der Waals surface area contributed by atoms with Gasteiger partial charge >= 0.3 is 0 Å². The van der Waals surface area contributed by atoms with Crippen LogP contribution < -0.4 is 5.32 Å². The van der Waals surface area contributed by atoms with E-state index in [4.69, 9.17) is 0 Å². The molecule has 21 heavy (non-hydrogen) atoms. The second-order valence-corrected chi connectivity index (χ2v) is 6.43. The third-order valence-electron chi connectivity index (χ3n) is 3.95. The van der Waals surface area contributed by atoms with Crippen molar-refractivity contribution in [1.82, 2.24) is 14.7 Å². The van der Waals surface area contributed by atoms with Crippen molar-refractivity contribution in [2.45, 2.75) is 51.7 Å². The van der Waals surface area contributed by atoms with Crippen LogP contribution in [0.1, 0.15) is 46.1 Å². The molecule has 2 N–H and O–H groups in total. The van der Waals surface area contributed by atoms with Gasteiger partial charge in [-0.2, -0.15) is 5.10 Å². The normalized spacial score (nSPS) is 24.0. The zero-order valence-corrected chi connectivity index (χ0v) is 13.2. The molecule has 6 nitrogen and oxygen atoms in total. The molecule has 0 aromatic carbocycles. The molecule has 0 saturated carbocycles. The van der Waals surface area contributed by atoms with Crippen molar-refractivity contribution in [3.8, 4) is 0 Å². The first kappa shape index (κ1) is 16.0. The minimum absolute atomic E-state index is 0.0288. The van der Waals surface area contributed by atoms with Gasteiger partial charge in [-0.15, -0.1) is 0 Å². The van der Waals surface area contributed by atoms with E-state index in [2.05, 4.69) is 15.3 Å². The maximum Gasteiger partial charge on any atom is 0.239 e. The molecule has 2 heterocycles. The van der Waals surface area contributed by atoms with Crippen molar-refractivity contribution in [1.29, 1.82) is 0 Å². The number of aromatic nitrogens is 2. The average Bonchev–Trinajstić information content (AvgIpc) is 2.76. The number of aliphatic hydroxyl groups is 1. The minimum atomic E-state index is -0.596. The van der Waals surface area contributed by atoms with E-state index in [-0.39, 0.29) is 11.9 Å². The van der Waals surface area contributed by atoms with Gasteiger partial charge in [-0.25, -0.2) is 4.68 Å². The second-order valence-electron chi connectivity index (χ2n) is 6.43. The third-order valence-corrected chi connectivity index (χ3v) is 3.95. The van der Waals surface area contributed by atoms with Crippen molar-refractivity contribution in [3.05, 3.63) is 12.3 Å². The van der Waals surface area contributed by atoms with Gasteiger partial charge < -0.3 is 10.4 Å². The number of nitrogens with zero attached hydrogens (tertiary/aromatic N) is 3. The summed E-state index contributed by atoms with van der Waals surface area (Å²) < 4.78 is 1.80. The standard InChI is InChI=1S/C15H26N4O2/c1-12(2)19-13(5-8-16-19)17-14(20)11-18-9-4-6-15(3,21)7-10-18/h5,8,12,21H,4,6-7,9-11H2,1-3H3,(H,17,20). The Labute approximate surface area is 126 Å². The van der Waals surface area contributed by atoms with Crippen LogP contribution >= 0.6 is 0 Å². The van der Waals surface area contributed by atoms with Crippen molar-refractivity contribution in [3.63, 3.8) is 0 Å². The van der Waals surface area contributed by atoms with Crippen molar-refractivity contribution >= 4 is 11.7 Å². The number of hydrogen-bond acceptors (Lipinski definition) is 4. The Morgan fingerprint density at radius 2 is 2.24 bits per heavy atom. The molecular weight excluding hydrogens is 268 g/mol. The highest BCUT2D eigenvalue weighted by molar-refractivity contribution is 5.91. The van der Waals surface area contributed by atoms with Gasteiger partial charge in [0.1, 0.15) is 5.82 Å². The number of hydrogen-bond donors (Lipinski definition) is 2. The van der Waals surface area contributed by atoms with Crippen LogP contribution in [0, 0.1) is 0 Å². The Morgan fingerprint density at radius 3 is 2.95 bits per heavy atom. The Morgan fingerprint density at radius 1 is 1.48 bits per heavy atom. The number of nitrogens with one attached hydrogen (secondary N) is 1. The first-order chi connectivity index (χ1) is 9.87. The van der Waals surface area contributed by atoms with Crippen LogP contribution in [-0.4, -0.2) is 50.9 Å². The molecule has 2 rings (SSSR count). The smallest absolute Gasteiger partial charge is 0.239 e. The molecule has 1 saturated heterocycles. The highest BCUT2D eigenvalue weighted by Crippen LogP contribution is 2.21. The summed E-state index contributed by atoms with van der Waals surface area (Å²) in [5, 5.41) is 17.2. The van der Waals surface area contributed by atoms with Crippen LogP contribution in [-0.2, 0) is 4.79 Å². The van der Waals surface area contributed by atoms with Gasteiger partial charge in [-0.05, 0) is 46.6 Å². The fraction of sp³-hybridized carbons (Fsp3) is 0.733. The van der Waals surface area contributed by atoms with Gasteiger partial charge in [0, 0.05) is 18.7 Å². The third kappa shape index (κ3) is 4.54. The first-order valence-corrected chi connectivity index (χ1v) is 7.65. The fourth-order valence-electron chi connectivity index (χ4n) is 2.69. The van der Waals surface area contributed by atoms with E-state index < -0.39 is 5.60 Å². The summed E-state index contributed by atoms with van der Waals surface area (Å²) in [6.45, 7) is 7.90. The fourth-order valence-corrected chi connectivity index (χ4v) is 2.69. The highest BCUT2D eigenvalue weighted by Gasteiger charge is 2.25. The molecule has 1 aromatic rings. The Kier molecular flexibility index (Phi) is 5.00. The van der Waals surface area contributed by atoms with E-state index >= 15 is 0 Å². The molecule has 1 aliphatic rings. The lowest BCUT2D eigenvalue weighted by atomic mass is 9.98. The number of anilines is 1. The Bertz CT molecular complexity index is 482. The van der Waals surface area contributed by atoms with Crippen LogP contribution in [0.25, 0.3) is 0 Å². The molecule has 0 spiro atoms. The predicted molar refractivity (Wildman–Crippen MR) is 82.2 cm³/mol. The molecule has 1 atom stereocenters. The van der Waals surface area contributed by atoms with Gasteiger partial charge in [0.2, 0.25) is 5.91 Å². The molecule has 1 unspecified atom stereocenters. The van der Waals surface area contributed by atoms with Crippen molar-refractivity contribution in [2.24, 2.45) is 0 Å². The maximum atomic E-state index is 12.2. The number of amides is 1. The Hall–Kier alpha value is -1.40. The molecular formula is C15H26N4O2. The minimum Gasteiger partial charge on any atom is -0.390 e. The van der Waals surface area contributed by atoms with Crippen LogP contribution in [0.4, 0.5) is 5.82 Å². The van der Waals surface area contributed by atoms with Gasteiger partial charge in [0.15, 0.2) is 0 Å². The van der Waals surface area contributed by atoms with Crippen LogP contribution in [0.15, 0.2) is 12.3 Å². The summed E-state index contributed by atoms with van der Waals surface area (Å²) >= 11 is 0. The molecule has 1 aliphatic heterocycles. The largest absolute Gasteiger partial charge is 0.390 e. The summed E-state index contributed by atoms with van der Waals surface area (Å²) in [5.41, 5.74) is -0.596. The molecule has 1 amide bonds. The topological polar surface area (TPSA) is 70.4 Å². The zero-order chi connectivity index (χ0) is 15.5. The number of likely N-dealkylation sites (tertiary alicyclic amines) is 1. The molecule has 6 heteroatoms. The molecule has 0 aliphatic carbocycles. The number of carbonyl (C=O) groups excluding carboxylic acids is 1. The lowest BCUT2D eigenvalue weighted by Gasteiger charge is -2.22. The van der Waals surface area contributed by atoms with Gasteiger partial charge in [-0.3, -0.25) is 9.69 Å². The Balaban J connectivity index is 1.88. The number of carbonyl (C=O) groups is 1. The summed E-state index contributed by atoms with van der Waals surface area (Å²) in [6.07, 6.45) is 4.12. The summed E-state index contributed by atoms with van der Waals surface area (Å²) in [6, 6.07) is 2.02. The van der Waals surface area contributed by atoms with E-state index in [1.807, 2.05) is 26.8 Å². The molecule has 1 fully saturated rings. The highest BCUT2D eigenvalue weighted by atomic mass is 16.3. The van der Waals surface area contributed by atoms with Crippen LogP contribution in [0.2, 0.25) is 0 Å². The van der Waals surface area contributed by atoms with Crippen LogP contribution in [0.5, 0.6) is 0 Å². The SMILES string of the molecule is CC(C)n1nccc1NC(=O)CN1CCCC(C)(O)CC1. The molecule has 118 valence electrons. The summed E-state index contributed by atoms with van der Waals surface area (Å²) in [4.78, 5) is 14.3. The quantitative estimate of drug-likeness (QED) is 0.885. The van der Waals surface area contributed by atoms with Gasteiger partial charge in [0.25, 0.3) is 0 Å². The van der Waals surface area contributed by atoms with Gasteiger partial charge in [-0.1, -0.05) is 0 Å². The van der Waals surface area contributed by atoms with E-state index in [0.717, 1.165) is 31.7 Å². The predicted octanol–water partition coefficient (Wildman–Crippen LogP) is 1.64. The van der Waals surface area contributed by atoms with E-state index in [0.29, 0.717) is 13.0 Å². The molecule has 1 aromatic heterocycles. The lowest BCUT2D eigenvalue weighted by Crippen LogP contribution is -2.35. The average molecular weight is 294 g/mol. The second kappa shape index (κ2) is 6.58. The summed E-state index contributed by atoms with van der Waals surface area (Å²) in [5.74, 6) is 0.704. The van der Waals surface area contributed by atoms with Crippen LogP contribution in [0.3, 0.4) is 0 Å². The molecule has 0 bridgehead atoms. The zero-order valence-electron chi connectivity index (χ0n) is 13.2. The van der Waals surface area contributed by atoms with Crippen molar-refractivity contribution in [2.75, 3.05) is 25.0 Å². The number of rotatable bonds is 4. The first-order valence-electron chi connectivity index (χ1n) is 7.65. The monoisotopic (exact) mass is 294 g/mol. The van der Waals surface area contributed by atoms with E-state index in [1.165, 1.54) is 0 Å². The maximum absolute atomic E-state index is 12.2. The molecule has 0 radical (unpaired) electrons. The van der Waals surface area contributed by atoms with Gasteiger partial charge in [0.05, 0.1) is 18.3 Å². The van der Waals surface area contributed by atoms with E-state index in [1.54, 1.807) is 10.9 Å².